The van der Waals surface area contributed by atoms with Crippen LogP contribution < -0.4 is 4.74 Å². The second kappa shape index (κ2) is 5.75. The van der Waals surface area contributed by atoms with Crippen molar-refractivity contribution < 1.29 is 24.2 Å². The molecule has 0 aliphatic rings. The van der Waals surface area contributed by atoms with Crippen molar-refractivity contribution in [3.63, 3.8) is 0 Å². The van der Waals surface area contributed by atoms with Crippen LogP contribution in [0.15, 0.2) is 24.3 Å². The summed E-state index contributed by atoms with van der Waals surface area (Å²) < 4.78 is 9.49. The molecule has 1 aromatic rings. The molecular weight excluding hydrogens is 212 g/mol. The van der Waals surface area contributed by atoms with Gasteiger partial charge in [0.1, 0.15) is 5.75 Å². The molecule has 16 heavy (non-hydrogen) atoms. The van der Waals surface area contributed by atoms with E-state index >= 15 is 0 Å². The predicted octanol–water partition coefficient (Wildman–Crippen LogP) is 0.865. The first-order chi connectivity index (χ1) is 7.61. The highest BCUT2D eigenvalue weighted by Gasteiger charge is 2.04. The largest absolute Gasteiger partial charge is 0.482 e. The average Bonchev–Trinajstić information content (AvgIpc) is 2.26. The highest BCUT2D eigenvalue weighted by atomic mass is 16.5. The number of carbonyl (C=O) groups excluding carboxylic acids is 1. The van der Waals surface area contributed by atoms with Crippen molar-refractivity contribution in [1.29, 1.82) is 0 Å². The number of hydrogen-bond acceptors (Lipinski definition) is 4. The maximum absolute atomic E-state index is 11.0. The van der Waals surface area contributed by atoms with Crippen molar-refractivity contribution in [2.45, 2.75) is 6.42 Å². The summed E-state index contributed by atoms with van der Waals surface area (Å²) >= 11 is 0. The van der Waals surface area contributed by atoms with E-state index in [1.807, 2.05) is 0 Å². The van der Waals surface area contributed by atoms with Gasteiger partial charge in [0.25, 0.3) is 0 Å². The monoisotopic (exact) mass is 224 g/mol. The molecule has 0 bridgehead atoms. The maximum atomic E-state index is 11.0. The highest BCUT2D eigenvalue weighted by Crippen LogP contribution is 2.13. The predicted molar refractivity (Wildman–Crippen MR) is 55.3 cm³/mol. The lowest BCUT2D eigenvalue weighted by atomic mass is 10.1. The topological polar surface area (TPSA) is 72.8 Å². The molecule has 5 heteroatoms. The second-order valence-electron chi connectivity index (χ2n) is 3.08. The number of benzene rings is 1. The number of rotatable bonds is 5. The van der Waals surface area contributed by atoms with E-state index in [1.54, 1.807) is 24.3 Å². The van der Waals surface area contributed by atoms with E-state index in [2.05, 4.69) is 4.74 Å². The molecule has 0 unspecified atom stereocenters. The summed E-state index contributed by atoms with van der Waals surface area (Å²) in [6.07, 6.45) is 0.140. The Morgan fingerprint density at radius 3 is 2.75 bits per heavy atom. The summed E-state index contributed by atoms with van der Waals surface area (Å²) in [5.74, 6) is -0.974. The van der Waals surface area contributed by atoms with E-state index in [1.165, 1.54) is 7.11 Å². The number of aliphatic carboxylic acids is 1. The lowest BCUT2D eigenvalue weighted by Crippen LogP contribution is -2.10. The SMILES string of the molecule is COC(=O)Cc1cccc(OCC(=O)O)c1. The number of methoxy groups -OCH3 is 1. The van der Waals surface area contributed by atoms with Crippen LogP contribution in [-0.2, 0) is 20.7 Å². The Balaban J connectivity index is 2.63. The van der Waals surface area contributed by atoms with Crippen LogP contribution in [-0.4, -0.2) is 30.8 Å². The molecular formula is C11H12O5. The van der Waals surface area contributed by atoms with Gasteiger partial charge in [-0.15, -0.1) is 0 Å². The van der Waals surface area contributed by atoms with Crippen molar-refractivity contribution in [2.75, 3.05) is 13.7 Å². The Morgan fingerprint density at radius 1 is 1.38 bits per heavy atom. The average molecular weight is 224 g/mol. The van der Waals surface area contributed by atoms with E-state index in [-0.39, 0.29) is 12.4 Å². The molecule has 0 amide bonds. The van der Waals surface area contributed by atoms with E-state index in [4.69, 9.17) is 9.84 Å². The Kier molecular flexibility index (Phi) is 4.32. The third kappa shape index (κ3) is 4.00. The zero-order valence-corrected chi connectivity index (χ0v) is 8.80. The smallest absolute Gasteiger partial charge is 0.341 e. The molecule has 86 valence electrons. The molecule has 0 aliphatic heterocycles. The molecule has 0 fully saturated rings. The van der Waals surface area contributed by atoms with Gasteiger partial charge in [0.2, 0.25) is 0 Å². The van der Waals surface area contributed by atoms with Gasteiger partial charge < -0.3 is 14.6 Å². The van der Waals surface area contributed by atoms with E-state index in [9.17, 15) is 9.59 Å². The van der Waals surface area contributed by atoms with E-state index in [0.717, 1.165) is 5.56 Å². The summed E-state index contributed by atoms with van der Waals surface area (Å²) in [6.45, 7) is -0.401. The van der Waals surface area contributed by atoms with E-state index in [0.29, 0.717) is 5.75 Å². The number of carboxylic acids is 1. The van der Waals surface area contributed by atoms with Gasteiger partial charge in [-0.25, -0.2) is 4.79 Å². The number of hydrogen-bond donors (Lipinski definition) is 1. The minimum atomic E-state index is -1.04. The third-order valence-electron chi connectivity index (χ3n) is 1.84. The number of ether oxygens (including phenoxy) is 2. The molecule has 0 saturated heterocycles. The fourth-order valence-corrected chi connectivity index (χ4v) is 1.13. The first-order valence-corrected chi connectivity index (χ1v) is 4.62. The molecule has 0 radical (unpaired) electrons. The number of esters is 1. The lowest BCUT2D eigenvalue weighted by molar-refractivity contribution is -0.140. The van der Waals surface area contributed by atoms with E-state index < -0.39 is 12.6 Å². The van der Waals surface area contributed by atoms with Crippen LogP contribution in [0.2, 0.25) is 0 Å². The summed E-state index contributed by atoms with van der Waals surface area (Å²) in [5.41, 5.74) is 0.717. The molecule has 1 rings (SSSR count). The normalized spacial score (nSPS) is 9.56. The lowest BCUT2D eigenvalue weighted by Gasteiger charge is -2.05. The van der Waals surface area contributed by atoms with Crippen LogP contribution in [0, 0.1) is 0 Å². The van der Waals surface area contributed by atoms with Crippen LogP contribution in [0.4, 0.5) is 0 Å². The highest BCUT2D eigenvalue weighted by molar-refractivity contribution is 5.72. The Morgan fingerprint density at radius 2 is 2.12 bits per heavy atom. The third-order valence-corrected chi connectivity index (χ3v) is 1.84. The first kappa shape index (κ1) is 12.0. The van der Waals surface area contributed by atoms with Crippen LogP contribution in [0.1, 0.15) is 5.56 Å². The van der Waals surface area contributed by atoms with Gasteiger partial charge in [0.15, 0.2) is 6.61 Å². The van der Waals surface area contributed by atoms with Gasteiger partial charge in [0.05, 0.1) is 13.5 Å². The van der Waals surface area contributed by atoms with Crippen LogP contribution >= 0.6 is 0 Å². The zero-order valence-electron chi connectivity index (χ0n) is 8.80. The van der Waals surface area contributed by atoms with Gasteiger partial charge in [-0.3, -0.25) is 4.79 Å². The molecule has 5 nitrogen and oxygen atoms in total. The molecule has 0 saturated carbocycles. The van der Waals surface area contributed by atoms with Crippen LogP contribution in [0.3, 0.4) is 0 Å². The quantitative estimate of drug-likeness (QED) is 0.751. The van der Waals surface area contributed by atoms with Gasteiger partial charge in [0, 0.05) is 0 Å². The number of carboxylic acid groups (broad SMARTS) is 1. The molecule has 0 aromatic heterocycles. The second-order valence-corrected chi connectivity index (χ2v) is 3.08. The maximum Gasteiger partial charge on any atom is 0.341 e. The zero-order chi connectivity index (χ0) is 12.0. The molecule has 0 heterocycles. The first-order valence-electron chi connectivity index (χ1n) is 4.62. The van der Waals surface area contributed by atoms with Crippen LogP contribution in [0.25, 0.3) is 0 Å². The van der Waals surface area contributed by atoms with Gasteiger partial charge in [-0.1, -0.05) is 12.1 Å². The molecule has 1 aromatic carbocycles. The van der Waals surface area contributed by atoms with Gasteiger partial charge >= 0.3 is 11.9 Å². The Hall–Kier alpha value is -2.04. The summed E-state index contributed by atoms with van der Waals surface area (Å²) in [6, 6.07) is 6.67. The van der Waals surface area contributed by atoms with Crippen molar-refractivity contribution in [3.05, 3.63) is 29.8 Å². The minimum Gasteiger partial charge on any atom is -0.482 e. The summed E-state index contributed by atoms with van der Waals surface area (Å²) in [5, 5.41) is 8.43. The fraction of sp³-hybridized carbons (Fsp3) is 0.273. The molecule has 1 N–H and O–H groups in total. The number of carbonyl (C=O) groups is 2. The summed E-state index contributed by atoms with van der Waals surface area (Å²) in [7, 11) is 1.31. The molecule has 0 aliphatic carbocycles. The van der Waals surface area contributed by atoms with Crippen molar-refractivity contribution in [3.8, 4) is 5.75 Å². The van der Waals surface area contributed by atoms with Crippen molar-refractivity contribution in [1.82, 2.24) is 0 Å². The van der Waals surface area contributed by atoms with Crippen LogP contribution in [0.5, 0.6) is 5.75 Å². The molecule has 0 spiro atoms. The molecule has 0 atom stereocenters. The van der Waals surface area contributed by atoms with Gasteiger partial charge in [-0.05, 0) is 17.7 Å². The van der Waals surface area contributed by atoms with Crippen molar-refractivity contribution in [2.24, 2.45) is 0 Å². The minimum absolute atomic E-state index is 0.140. The van der Waals surface area contributed by atoms with Crippen molar-refractivity contribution >= 4 is 11.9 Å². The Labute approximate surface area is 92.6 Å². The summed E-state index contributed by atoms with van der Waals surface area (Å²) in [4.78, 5) is 21.3. The van der Waals surface area contributed by atoms with Gasteiger partial charge in [-0.2, -0.15) is 0 Å². The fourth-order valence-electron chi connectivity index (χ4n) is 1.13. The standard InChI is InChI=1S/C11H12O5/c1-15-11(14)6-8-3-2-4-9(5-8)16-7-10(12)13/h2-5H,6-7H2,1H3,(H,12,13). The Bertz CT molecular complexity index is 386.